The molecule has 2 aromatic heterocycles. The Labute approximate surface area is 136 Å². The van der Waals surface area contributed by atoms with Crippen molar-refractivity contribution in [2.75, 3.05) is 18.0 Å². The lowest BCUT2D eigenvalue weighted by Crippen LogP contribution is -2.36. The van der Waals surface area contributed by atoms with Gasteiger partial charge in [-0.05, 0) is 25.3 Å². The van der Waals surface area contributed by atoms with Crippen LogP contribution in [-0.2, 0) is 19.1 Å². The third-order valence-electron chi connectivity index (χ3n) is 4.64. The maximum absolute atomic E-state index is 12.9. The minimum atomic E-state index is -4.46. The first-order chi connectivity index (χ1) is 11.5. The molecular weight excluding hydrogens is 321 g/mol. The van der Waals surface area contributed by atoms with Gasteiger partial charge >= 0.3 is 6.18 Å². The summed E-state index contributed by atoms with van der Waals surface area (Å²) in [7, 11) is 0. The lowest BCUT2D eigenvalue weighted by Gasteiger charge is -2.32. The van der Waals surface area contributed by atoms with Crippen molar-refractivity contribution in [3.05, 3.63) is 29.6 Å². The molecule has 0 aromatic carbocycles. The van der Waals surface area contributed by atoms with Gasteiger partial charge in [-0.3, -0.25) is 0 Å². The van der Waals surface area contributed by atoms with Crippen LogP contribution in [0.1, 0.15) is 42.5 Å². The minimum absolute atomic E-state index is 0.135. The number of aromatic nitrogens is 5. The maximum atomic E-state index is 12.9. The lowest BCUT2D eigenvalue weighted by atomic mass is 9.97. The molecule has 1 atom stereocenters. The highest BCUT2D eigenvalue weighted by atomic mass is 19.4. The number of anilines is 1. The molecular formula is C15H17F3N6. The van der Waals surface area contributed by atoms with E-state index in [1.165, 1.54) is 6.20 Å². The largest absolute Gasteiger partial charge is 0.433 e. The molecule has 6 nitrogen and oxygen atoms in total. The Kier molecular flexibility index (Phi) is 3.65. The van der Waals surface area contributed by atoms with Gasteiger partial charge in [0.25, 0.3) is 0 Å². The van der Waals surface area contributed by atoms with Gasteiger partial charge in [-0.2, -0.15) is 13.2 Å². The first kappa shape index (κ1) is 15.3. The second-order valence-electron chi connectivity index (χ2n) is 6.25. The van der Waals surface area contributed by atoms with E-state index in [-0.39, 0.29) is 11.9 Å². The van der Waals surface area contributed by atoms with E-state index in [1.54, 1.807) is 0 Å². The number of rotatable bonds is 2. The normalized spacial score (nSPS) is 21.1. The molecule has 1 unspecified atom stereocenters. The van der Waals surface area contributed by atoms with Crippen LogP contribution in [0.4, 0.5) is 19.1 Å². The molecule has 2 aliphatic rings. The summed E-state index contributed by atoms with van der Waals surface area (Å²) in [5.74, 6) is 2.24. The monoisotopic (exact) mass is 338 g/mol. The third kappa shape index (κ3) is 2.71. The van der Waals surface area contributed by atoms with E-state index in [0.717, 1.165) is 49.9 Å². The van der Waals surface area contributed by atoms with Crippen LogP contribution < -0.4 is 4.90 Å². The van der Waals surface area contributed by atoms with E-state index < -0.39 is 11.9 Å². The van der Waals surface area contributed by atoms with Crippen LogP contribution in [0.25, 0.3) is 0 Å². The van der Waals surface area contributed by atoms with E-state index >= 15 is 0 Å². The number of halogens is 3. The number of aryl methyl sites for hydroxylation is 1. The fourth-order valence-electron chi connectivity index (χ4n) is 3.50. The highest BCUT2D eigenvalue weighted by molar-refractivity contribution is 5.33. The standard InChI is InChI=1S/C15H17F3N6/c16-15(17,18)11-5-6-19-14(20-11)23-7-1-3-10(9-23)13-22-21-12-4-2-8-24(12)13/h5-6,10H,1-4,7-9H2. The quantitative estimate of drug-likeness (QED) is 0.842. The number of fused-ring (bicyclic) bond motifs is 1. The number of nitrogens with zero attached hydrogens (tertiary/aromatic N) is 6. The second kappa shape index (κ2) is 5.71. The summed E-state index contributed by atoms with van der Waals surface area (Å²) in [6.45, 7) is 2.15. The van der Waals surface area contributed by atoms with Gasteiger partial charge in [0.2, 0.25) is 5.95 Å². The van der Waals surface area contributed by atoms with Crippen molar-refractivity contribution in [1.29, 1.82) is 0 Å². The average molecular weight is 338 g/mol. The smallest absolute Gasteiger partial charge is 0.340 e. The molecule has 0 bridgehead atoms. The lowest BCUT2D eigenvalue weighted by molar-refractivity contribution is -0.141. The fraction of sp³-hybridized carbons (Fsp3) is 0.600. The molecule has 24 heavy (non-hydrogen) atoms. The molecule has 0 aliphatic carbocycles. The molecule has 2 aliphatic heterocycles. The van der Waals surface area contributed by atoms with Crippen LogP contribution in [-0.4, -0.2) is 37.8 Å². The van der Waals surface area contributed by atoms with Crippen LogP contribution in [0.5, 0.6) is 0 Å². The molecule has 2 aromatic rings. The second-order valence-corrected chi connectivity index (χ2v) is 6.25. The number of hydrogen-bond acceptors (Lipinski definition) is 5. The number of alkyl halides is 3. The van der Waals surface area contributed by atoms with Crippen molar-refractivity contribution in [3.63, 3.8) is 0 Å². The molecule has 128 valence electrons. The Morgan fingerprint density at radius 2 is 2.00 bits per heavy atom. The fourth-order valence-corrected chi connectivity index (χ4v) is 3.50. The SMILES string of the molecule is FC(F)(F)c1ccnc(N2CCCC(c3nnc4n3CCC4)C2)n1. The highest BCUT2D eigenvalue weighted by Crippen LogP contribution is 2.32. The van der Waals surface area contributed by atoms with Crippen LogP contribution in [0.2, 0.25) is 0 Å². The number of hydrogen-bond donors (Lipinski definition) is 0. The molecule has 1 saturated heterocycles. The van der Waals surface area contributed by atoms with Gasteiger partial charge in [0, 0.05) is 38.2 Å². The zero-order valence-electron chi connectivity index (χ0n) is 13.0. The third-order valence-corrected chi connectivity index (χ3v) is 4.64. The summed E-state index contributed by atoms with van der Waals surface area (Å²) in [6.07, 6.45) is 0.551. The van der Waals surface area contributed by atoms with E-state index in [4.69, 9.17) is 0 Å². The summed E-state index contributed by atoms with van der Waals surface area (Å²) in [5, 5.41) is 8.54. The highest BCUT2D eigenvalue weighted by Gasteiger charge is 2.34. The van der Waals surface area contributed by atoms with Crippen LogP contribution in [0.15, 0.2) is 12.3 Å². The molecule has 0 spiro atoms. The summed E-state index contributed by atoms with van der Waals surface area (Å²) >= 11 is 0. The molecule has 0 saturated carbocycles. The van der Waals surface area contributed by atoms with Gasteiger partial charge < -0.3 is 9.47 Å². The maximum Gasteiger partial charge on any atom is 0.433 e. The van der Waals surface area contributed by atoms with Crippen molar-refractivity contribution in [3.8, 4) is 0 Å². The predicted molar refractivity (Wildman–Crippen MR) is 79.6 cm³/mol. The predicted octanol–water partition coefficient (Wildman–Crippen LogP) is 2.42. The zero-order valence-corrected chi connectivity index (χ0v) is 13.0. The van der Waals surface area contributed by atoms with E-state index in [1.807, 2.05) is 4.90 Å². The first-order valence-electron chi connectivity index (χ1n) is 8.09. The van der Waals surface area contributed by atoms with Gasteiger partial charge in [0.15, 0.2) is 0 Å². The molecule has 4 rings (SSSR count). The molecule has 4 heterocycles. The van der Waals surface area contributed by atoms with E-state index in [0.29, 0.717) is 13.1 Å². The Morgan fingerprint density at radius 3 is 2.83 bits per heavy atom. The Hall–Kier alpha value is -2.19. The van der Waals surface area contributed by atoms with Crippen molar-refractivity contribution in [2.45, 2.75) is 44.3 Å². The number of piperidine rings is 1. The van der Waals surface area contributed by atoms with E-state index in [2.05, 4.69) is 24.7 Å². The summed E-state index contributed by atoms with van der Waals surface area (Å²) < 4.78 is 40.7. The van der Waals surface area contributed by atoms with Gasteiger partial charge in [0.05, 0.1) is 0 Å². The molecule has 0 amide bonds. The van der Waals surface area contributed by atoms with Gasteiger partial charge in [-0.1, -0.05) is 0 Å². The van der Waals surface area contributed by atoms with E-state index in [9.17, 15) is 13.2 Å². The first-order valence-corrected chi connectivity index (χ1v) is 8.09. The van der Waals surface area contributed by atoms with Crippen molar-refractivity contribution >= 4 is 5.95 Å². The van der Waals surface area contributed by atoms with Gasteiger partial charge in [-0.25, -0.2) is 9.97 Å². The Balaban J connectivity index is 1.57. The van der Waals surface area contributed by atoms with Gasteiger partial charge in [-0.15, -0.1) is 10.2 Å². The summed E-state index contributed by atoms with van der Waals surface area (Å²) in [6, 6.07) is 0.899. The van der Waals surface area contributed by atoms with Crippen molar-refractivity contribution < 1.29 is 13.2 Å². The van der Waals surface area contributed by atoms with Crippen LogP contribution in [0, 0.1) is 0 Å². The Bertz CT molecular complexity index is 741. The zero-order chi connectivity index (χ0) is 16.7. The molecule has 0 N–H and O–H groups in total. The molecule has 9 heteroatoms. The molecule has 1 fully saturated rings. The summed E-state index contributed by atoms with van der Waals surface area (Å²) in [4.78, 5) is 9.56. The molecule has 0 radical (unpaired) electrons. The van der Waals surface area contributed by atoms with Crippen LogP contribution in [0.3, 0.4) is 0 Å². The minimum Gasteiger partial charge on any atom is -0.340 e. The van der Waals surface area contributed by atoms with Crippen LogP contribution >= 0.6 is 0 Å². The average Bonchev–Trinajstić information content (AvgIpc) is 3.17. The topological polar surface area (TPSA) is 59.7 Å². The van der Waals surface area contributed by atoms with Gasteiger partial charge in [0.1, 0.15) is 17.3 Å². The summed E-state index contributed by atoms with van der Waals surface area (Å²) in [5.41, 5.74) is -0.905. The Morgan fingerprint density at radius 1 is 1.12 bits per heavy atom. The van der Waals surface area contributed by atoms with Crippen molar-refractivity contribution in [2.24, 2.45) is 0 Å². The van der Waals surface area contributed by atoms with Crippen molar-refractivity contribution in [1.82, 2.24) is 24.7 Å².